The summed E-state index contributed by atoms with van der Waals surface area (Å²) in [7, 11) is 2.08. The van der Waals surface area contributed by atoms with Crippen LogP contribution in [0.3, 0.4) is 0 Å². The Kier molecular flexibility index (Phi) is 4.40. The van der Waals surface area contributed by atoms with Crippen LogP contribution in [0.4, 0.5) is 5.82 Å². The first kappa shape index (κ1) is 14.3. The molecular formula is C15H23N3S. The SMILES string of the molecule is CCC(C)N(C)c1nc2c(cc1C(N)=S)CCCC2. The van der Waals surface area contributed by atoms with Crippen molar-refractivity contribution >= 4 is 23.0 Å². The molecular weight excluding hydrogens is 254 g/mol. The van der Waals surface area contributed by atoms with E-state index in [0.717, 1.165) is 30.6 Å². The van der Waals surface area contributed by atoms with Crippen LogP contribution in [-0.2, 0) is 12.8 Å². The monoisotopic (exact) mass is 277 g/mol. The number of pyridine rings is 1. The van der Waals surface area contributed by atoms with Gasteiger partial charge in [-0.05, 0) is 50.7 Å². The summed E-state index contributed by atoms with van der Waals surface area (Å²) in [5.41, 5.74) is 9.38. The van der Waals surface area contributed by atoms with Gasteiger partial charge in [0.25, 0.3) is 0 Å². The average molecular weight is 277 g/mol. The third kappa shape index (κ3) is 2.89. The largest absolute Gasteiger partial charge is 0.389 e. The molecule has 0 saturated carbocycles. The summed E-state index contributed by atoms with van der Waals surface area (Å²) < 4.78 is 0. The molecule has 0 aliphatic heterocycles. The van der Waals surface area contributed by atoms with E-state index in [1.165, 1.54) is 24.1 Å². The number of hydrogen-bond donors (Lipinski definition) is 1. The second-order valence-corrected chi connectivity index (χ2v) is 5.84. The number of anilines is 1. The molecule has 104 valence electrons. The van der Waals surface area contributed by atoms with Gasteiger partial charge in [-0.1, -0.05) is 19.1 Å². The van der Waals surface area contributed by atoms with Crippen LogP contribution in [0.2, 0.25) is 0 Å². The lowest BCUT2D eigenvalue weighted by molar-refractivity contribution is 0.640. The maximum atomic E-state index is 5.89. The average Bonchev–Trinajstić information content (AvgIpc) is 2.44. The van der Waals surface area contributed by atoms with Gasteiger partial charge in [0.15, 0.2) is 0 Å². The van der Waals surface area contributed by atoms with Crippen LogP contribution in [0.15, 0.2) is 6.07 Å². The molecule has 0 spiro atoms. The molecule has 0 radical (unpaired) electrons. The molecule has 1 atom stereocenters. The van der Waals surface area contributed by atoms with Gasteiger partial charge in [-0.25, -0.2) is 4.98 Å². The van der Waals surface area contributed by atoms with Gasteiger partial charge >= 0.3 is 0 Å². The van der Waals surface area contributed by atoms with E-state index in [4.69, 9.17) is 22.9 Å². The molecule has 1 aliphatic rings. The van der Waals surface area contributed by atoms with Crippen molar-refractivity contribution in [1.82, 2.24) is 4.98 Å². The van der Waals surface area contributed by atoms with Gasteiger partial charge in [0.2, 0.25) is 0 Å². The van der Waals surface area contributed by atoms with Crippen molar-refractivity contribution in [3.05, 3.63) is 22.9 Å². The predicted octanol–water partition coefficient (Wildman–Crippen LogP) is 2.83. The van der Waals surface area contributed by atoms with Crippen molar-refractivity contribution in [1.29, 1.82) is 0 Å². The number of aryl methyl sites for hydroxylation is 2. The Bertz CT molecular complexity index is 485. The molecule has 2 rings (SSSR count). The lowest BCUT2D eigenvalue weighted by Gasteiger charge is -2.29. The topological polar surface area (TPSA) is 42.2 Å². The summed E-state index contributed by atoms with van der Waals surface area (Å²) in [6.07, 6.45) is 5.73. The molecule has 0 fully saturated rings. The van der Waals surface area contributed by atoms with E-state index in [9.17, 15) is 0 Å². The van der Waals surface area contributed by atoms with E-state index in [-0.39, 0.29) is 0 Å². The first-order valence-corrected chi connectivity index (χ1v) is 7.50. The van der Waals surface area contributed by atoms with Crippen molar-refractivity contribution in [3.63, 3.8) is 0 Å². The first-order valence-electron chi connectivity index (χ1n) is 7.10. The predicted molar refractivity (Wildman–Crippen MR) is 84.9 cm³/mol. The molecule has 1 unspecified atom stereocenters. The highest BCUT2D eigenvalue weighted by atomic mass is 32.1. The number of aromatic nitrogens is 1. The third-order valence-corrected chi connectivity index (χ3v) is 4.35. The van der Waals surface area contributed by atoms with Crippen molar-refractivity contribution in [3.8, 4) is 0 Å². The Balaban J connectivity index is 2.48. The van der Waals surface area contributed by atoms with E-state index in [1.54, 1.807) is 0 Å². The van der Waals surface area contributed by atoms with Gasteiger partial charge in [-0.3, -0.25) is 0 Å². The molecule has 1 aromatic rings. The Morgan fingerprint density at radius 1 is 1.47 bits per heavy atom. The second-order valence-electron chi connectivity index (χ2n) is 5.40. The number of rotatable bonds is 4. The molecule has 19 heavy (non-hydrogen) atoms. The van der Waals surface area contributed by atoms with Crippen LogP contribution in [-0.4, -0.2) is 23.1 Å². The quantitative estimate of drug-likeness (QED) is 0.859. The molecule has 0 bridgehead atoms. The first-order chi connectivity index (χ1) is 9.04. The Morgan fingerprint density at radius 3 is 2.79 bits per heavy atom. The smallest absolute Gasteiger partial charge is 0.139 e. The zero-order chi connectivity index (χ0) is 14.0. The van der Waals surface area contributed by atoms with Crippen LogP contribution in [0.1, 0.15) is 49.9 Å². The van der Waals surface area contributed by atoms with Crippen molar-refractivity contribution < 1.29 is 0 Å². The van der Waals surface area contributed by atoms with Crippen molar-refractivity contribution in [2.24, 2.45) is 5.73 Å². The van der Waals surface area contributed by atoms with Gasteiger partial charge < -0.3 is 10.6 Å². The van der Waals surface area contributed by atoms with Crippen molar-refractivity contribution in [2.75, 3.05) is 11.9 Å². The standard InChI is InChI=1S/C15H23N3S/c1-4-10(2)18(3)15-12(14(16)19)9-11-7-5-6-8-13(11)17-15/h9-10H,4-8H2,1-3H3,(H2,16,19). The van der Waals surface area contributed by atoms with E-state index >= 15 is 0 Å². The highest BCUT2D eigenvalue weighted by molar-refractivity contribution is 7.80. The summed E-state index contributed by atoms with van der Waals surface area (Å²) in [5.74, 6) is 0.947. The van der Waals surface area contributed by atoms with Crippen LogP contribution < -0.4 is 10.6 Å². The summed E-state index contributed by atoms with van der Waals surface area (Å²) in [4.78, 5) is 7.51. The number of thiocarbonyl (C=S) groups is 1. The highest BCUT2D eigenvalue weighted by Gasteiger charge is 2.20. The Labute approximate surface area is 121 Å². The number of nitrogens with two attached hydrogens (primary N) is 1. The maximum Gasteiger partial charge on any atom is 0.139 e. The summed E-state index contributed by atoms with van der Waals surface area (Å²) >= 11 is 5.21. The number of fused-ring (bicyclic) bond motifs is 1. The zero-order valence-corrected chi connectivity index (χ0v) is 12.9. The molecule has 0 aromatic carbocycles. The Hall–Kier alpha value is -1.16. The molecule has 1 aromatic heterocycles. The normalized spacial score (nSPS) is 15.7. The van der Waals surface area contributed by atoms with Crippen LogP contribution in [0.25, 0.3) is 0 Å². The zero-order valence-electron chi connectivity index (χ0n) is 12.1. The molecule has 3 nitrogen and oxygen atoms in total. The molecule has 1 aliphatic carbocycles. The summed E-state index contributed by atoms with van der Waals surface area (Å²) in [6, 6.07) is 2.60. The van der Waals surface area contributed by atoms with E-state index < -0.39 is 0 Å². The summed E-state index contributed by atoms with van der Waals surface area (Å²) in [6.45, 7) is 4.38. The second kappa shape index (κ2) is 5.87. The fourth-order valence-electron chi connectivity index (χ4n) is 2.56. The van der Waals surface area contributed by atoms with E-state index in [1.807, 2.05) is 0 Å². The lowest BCUT2D eigenvalue weighted by atomic mass is 9.94. The molecule has 2 N–H and O–H groups in total. The number of hydrogen-bond acceptors (Lipinski definition) is 3. The minimum atomic E-state index is 0.433. The Morgan fingerprint density at radius 2 is 2.16 bits per heavy atom. The van der Waals surface area contributed by atoms with Crippen molar-refractivity contribution in [2.45, 2.75) is 52.0 Å². The van der Waals surface area contributed by atoms with E-state index in [0.29, 0.717) is 11.0 Å². The highest BCUT2D eigenvalue weighted by Crippen LogP contribution is 2.27. The van der Waals surface area contributed by atoms with Gasteiger partial charge in [-0.2, -0.15) is 0 Å². The van der Waals surface area contributed by atoms with Gasteiger partial charge in [0.1, 0.15) is 10.8 Å². The molecule has 1 heterocycles. The fraction of sp³-hybridized carbons (Fsp3) is 0.600. The van der Waals surface area contributed by atoms with Crippen LogP contribution in [0.5, 0.6) is 0 Å². The minimum Gasteiger partial charge on any atom is -0.389 e. The molecule has 0 amide bonds. The number of nitrogens with zero attached hydrogens (tertiary/aromatic N) is 2. The van der Waals surface area contributed by atoms with Crippen LogP contribution >= 0.6 is 12.2 Å². The third-order valence-electron chi connectivity index (χ3n) is 4.13. The van der Waals surface area contributed by atoms with Gasteiger partial charge in [-0.15, -0.1) is 0 Å². The van der Waals surface area contributed by atoms with Crippen LogP contribution in [0, 0.1) is 0 Å². The maximum absolute atomic E-state index is 5.89. The molecule has 0 saturated heterocycles. The lowest BCUT2D eigenvalue weighted by Crippen LogP contribution is -2.32. The van der Waals surface area contributed by atoms with E-state index in [2.05, 4.69) is 31.9 Å². The fourth-order valence-corrected chi connectivity index (χ4v) is 2.71. The van der Waals surface area contributed by atoms with Gasteiger partial charge in [0.05, 0.1) is 5.56 Å². The molecule has 4 heteroatoms. The summed E-state index contributed by atoms with van der Waals surface area (Å²) in [5, 5.41) is 0. The van der Waals surface area contributed by atoms with Gasteiger partial charge in [0, 0.05) is 18.8 Å². The minimum absolute atomic E-state index is 0.433.